The van der Waals surface area contributed by atoms with Crippen LogP contribution in [0.25, 0.3) is 0 Å². The van der Waals surface area contributed by atoms with E-state index in [1.807, 2.05) is 24.5 Å². The third-order valence-electron chi connectivity index (χ3n) is 2.81. The van der Waals surface area contributed by atoms with Crippen LogP contribution in [0.1, 0.15) is 16.1 Å². The largest absolute Gasteiger partial charge is 0.336 e. The number of thioether (sulfide) groups is 1. The number of hydrogen-bond acceptors (Lipinski definition) is 3. The lowest BCUT2D eigenvalue weighted by Gasteiger charge is -2.16. The smallest absolute Gasteiger partial charge is 0.272 e. The van der Waals surface area contributed by atoms with E-state index in [0.717, 1.165) is 5.56 Å². The predicted octanol–water partition coefficient (Wildman–Crippen LogP) is 3.08. The van der Waals surface area contributed by atoms with E-state index in [4.69, 9.17) is 0 Å². The van der Waals surface area contributed by atoms with Crippen LogP contribution in [-0.4, -0.2) is 29.1 Å². The Morgan fingerprint density at radius 3 is 2.53 bits per heavy atom. The average Bonchev–Trinajstić information content (AvgIpc) is 2.48. The fraction of sp³-hybridized carbons (Fsp3) is 0.200. The van der Waals surface area contributed by atoms with Crippen LogP contribution < -0.4 is 0 Å². The van der Waals surface area contributed by atoms with Gasteiger partial charge in [0, 0.05) is 24.7 Å². The minimum Gasteiger partial charge on any atom is -0.336 e. The van der Waals surface area contributed by atoms with Gasteiger partial charge in [0.1, 0.15) is 5.69 Å². The molecule has 0 aliphatic heterocycles. The van der Waals surface area contributed by atoms with Crippen molar-refractivity contribution in [2.75, 3.05) is 13.3 Å². The van der Waals surface area contributed by atoms with Crippen molar-refractivity contribution in [3.05, 3.63) is 59.9 Å². The molecule has 0 spiro atoms. The van der Waals surface area contributed by atoms with Crippen LogP contribution in [0.2, 0.25) is 0 Å². The highest BCUT2D eigenvalue weighted by Crippen LogP contribution is 2.16. The molecule has 0 unspecified atom stereocenters. The fourth-order valence-corrected chi connectivity index (χ4v) is 2.17. The number of carbonyl (C=O) groups excluding carboxylic acids is 1. The molecule has 1 aromatic heterocycles. The van der Waals surface area contributed by atoms with Crippen molar-refractivity contribution in [3.8, 4) is 0 Å². The molecule has 2 aromatic rings. The van der Waals surface area contributed by atoms with Crippen molar-refractivity contribution in [1.82, 2.24) is 9.88 Å². The Labute approximate surface area is 117 Å². The van der Waals surface area contributed by atoms with Gasteiger partial charge in [-0.15, -0.1) is 11.8 Å². The summed E-state index contributed by atoms with van der Waals surface area (Å²) in [7, 11) is 1.79. The summed E-state index contributed by atoms with van der Waals surface area (Å²) in [4.78, 5) is 19.1. The van der Waals surface area contributed by atoms with Gasteiger partial charge < -0.3 is 4.90 Å². The summed E-state index contributed by atoms with van der Waals surface area (Å²) >= 11 is 1.71. The summed E-state index contributed by atoms with van der Waals surface area (Å²) in [5.74, 6) is -0.0606. The maximum atomic E-state index is 12.1. The normalized spacial score (nSPS) is 10.2. The zero-order valence-corrected chi connectivity index (χ0v) is 11.9. The van der Waals surface area contributed by atoms with Crippen LogP contribution in [0.4, 0.5) is 0 Å². The van der Waals surface area contributed by atoms with Gasteiger partial charge in [0.05, 0.1) is 0 Å². The molecule has 1 heterocycles. The Hall–Kier alpha value is -1.81. The van der Waals surface area contributed by atoms with Crippen molar-refractivity contribution in [1.29, 1.82) is 0 Å². The molecule has 0 atom stereocenters. The number of rotatable bonds is 4. The third kappa shape index (κ3) is 3.58. The number of amides is 1. The van der Waals surface area contributed by atoms with Crippen LogP contribution in [0.5, 0.6) is 0 Å². The van der Waals surface area contributed by atoms with Crippen LogP contribution in [0.15, 0.2) is 53.6 Å². The molecule has 0 bridgehead atoms. The number of benzene rings is 1. The number of hydrogen-bond donors (Lipinski definition) is 0. The molecule has 0 aliphatic carbocycles. The Kier molecular flexibility index (Phi) is 4.58. The van der Waals surface area contributed by atoms with E-state index < -0.39 is 0 Å². The molecule has 0 saturated heterocycles. The quantitative estimate of drug-likeness (QED) is 0.802. The lowest BCUT2D eigenvalue weighted by Crippen LogP contribution is -2.26. The molecule has 1 amide bonds. The summed E-state index contributed by atoms with van der Waals surface area (Å²) in [6.07, 6.45) is 3.68. The van der Waals surface area contributed by atoms with Crippen LogP contribution in [-0.2, 0) is 6.54 Å². The summed E-state index contributed by atoms with van der Waals surface area (Å²) < 4.78 is 0. The number of nitrogens with zero attached hydrogens (tertiary/aromatic N) is 2. The number of aromatic nitrogens is 1. The predicted molar refractivity (Wildman–Crippen MR) is 78.3 cm³/mol. The Morgan fingerprint density at radius 2 is 1.95 bits per heavy atom. The van der Waals surface area contributed by atoms with Gasteiger partial charge in [-0.1, -0.05) is 18.2 Å². The van der Waals surface area contributed by atoms with Crippen molar-refractivity contribution < 1.29 is 4.79 Å². The molecule has 19 heavy (non-hydrogen) atoms. The van der Waals surface area contributed by atoms with Crippen LogP contribution in [0, 0.1) is 0 Å². The maximum absolute atomic E-state index is 12.1. The molecule has 0 saturated carbocycles. The first-order valence-corrected chi connectivity index (χ1v) is 7.22. The second-order valence-electron chi connectivity index (χ2n) is 4.22. The minimum absolute atomic E-state index is 0.0606. The topological polar surface area (TPSA) is 33.2 Å². The van der Waals surface area contributed by atoms with E-state index in [0.29, 0.717) is 12.2 Å². The highest BCUT2D eigenvalue weighted by atomic mass is 32.2. The van der Waals surface area contributed by atoms with E-state index in [-0.39, 0.29) is 5.91 Å². The van der Waals surface area contributed by atoms with E-state index in [1.54, 1.807) is 42.0 Å². The SMILES string of the molecule is CSc1ccc(CN(C)C(=O)c2ccccn2)cc1. The number of pyridine rings is 1. The van der Waals surface area contributed by atoms with Crippen molar-refractivity contribution in [2.24, 2.45) is 0 Å². The lowest BCUT2D eigenvalue weighted by molar-refractivity contribution is 0.0779. The van der Waals surface area contributed by atoms with Gasteiger partial charge in [0.2, 0.25) is 0 Å². The van der Waals surface area contributed by atoms with Crippen LogP contribution >= 0.6 is 11.8 Å². The van der Waals surface area contributed by atoms with Gasteiger partial charge in [0.25, 0.3) is 5.91 Å². The maximum Gasteiger partial charge on any atom is 0.272 e. The average molecular weight is 272 g/mol. The zero-order chi connectivity index (χ0) is 13.7. The van der Waals surface area contributed by atoms with E-state index >= 15 is 0 Å². The molecule has 0 aliphatic rings. The number of carbonyl (C=O) groups is 1. The van der Waals surface area contributed by atoms with Crippen molar-refractivity contribution in [3.63, 3.8) is 0 Å². The lowest BCUT2D eigenvalue weighted by atomic mass is 10.2. The van der Waals surface area contributed by atoms with Gasteiger partial charge in [-0.25, -0.2) is 0 Å². The highest BCUT2D eigenvalue weighted by molar-refractivity contribution is 7.98. The summed E-state index contributed by atoms with van der Waals surface area (Å²) in [5, 5.41) is 0. The van der Waals surface area contributed by atoms with Crippen LogP contribution in [0.3, 0.4) is 0 Å². The first-order valence-electron chi connectivity index (χ1n) is 6.00. The standard InChI is InChI=1S/C15H16N2OS/c1-17(15(18)14-5-3-4-10-16-14)11-12-6-8-13(19-2)9-7-12/h3-10H,11H2,1-2H3. The summed E-state index contributed by atoms with van der Waals surface area (Å²) in [6, 6.07) is 13.6. The summed E-state index contributed by atoms with van der Waals surface area (Å²) in [5.41, 5.74) is 1.59. The van der Waals surface area contributed by atoms with Gasteiger partial charge >= 0.3 is 0 Å². The second-order valence-corrected chi connectivity index (χ2v) is 5.10. The Morgan fingerprint density at radius 1 is 1.21 bits per heavy atom. The molecular weight excluding hydrogens is 256 g/mol. The highest BCUT2D eigenvalue weighted by Gasteiger charge is 2.12. The molecule has 4 heteroatoms. The van der Waals surface area contributed by atoms with Crippen molar-refractivity contribution >= 4 is 17.7 Å². The van der Waals surface area contributed by atoms with Gasteiger partial charge in [0.15, 0.2) is 0 Å². The molecule has 1 aromatic carbocycles. The monoisotopic (exact) mass is 272 g/mol. The minimum atomic E-state index is -0.0606. The van der Waals surface area contributed by atoms with Gasteiger partial charge in [-0.2, -0.15) is 0 Å². The molecule has 0 fully saturated rings. The Balaban J connectivity index is 2.04. The Bertz CT molecular complexity index is 540. The second kappa shape index (κ2) is 6.38. The molecular formula is C15H16N2OS. The fourth-order valence-electron chi connectivity index (χ4n) is 1.76. The molecule has 0 N–H and O–H groups in total. The van der Waals surface area contributed by atoms with Gasteiger partial charge in [-0.3, -0.25) is 9.78 Å². The first-order chi connectivity index (χ1) is 9.20. The van der Waals surface area contributed by atoms with Gasteiger partial charge in [-0.05, 0) is 36.1 Å². The molecule has 98 valence electrons. The molecule has 0 radical (unpaired) electrons. The first kappa shape index (κ1) is 13.6. The van der Waals surface area contributed by atoms with E-state index in [2.05, 4.69) is 17.1 Å². The molecule has 3 nitrogen and oxygen atoms in total. The third-order valence-corrected chi connectivity index (χ3v) is 3.55. The van der Waals surface area contributed by atoms with E-state index in [9.17, 15) is 4.79 Å². The molecule has 2 rings (SSSR count). The van der Waals surface area contributed by atoms with E-state index in [1.165, 1.54) is 4.90 Å². The summed E-state index contributed by atoms with van der Waals surface area (Å²) in [6.45, 7) is 0.587. The van der Waals surface area contributed by atoms with Crippen molar-refractivity contribution in [2.45, 2.75) is 11.4 Å². The zero-order valence-electron chi connectivity index (χ0n) is 11.0.